The maximum absolute atomic E-state index is 12.9. The minimum Gasteiger partial charge on any atom is -0.756 e. The van der Waals surface area contributed by atoms with Crippen molar-refractivity contribution in [3.63, 3.8) is 0 Å². The second-order valence-corrected chi connectivity index (χ2v) is 26.2. The van der Waals surface area contributed by atoms with Crippen LogP contribution in [0.25, 0.3) is 0 Å². The van der Waals surface area contributed by atoms with Crippen LogP contribution in [0.3, 0.4) is 0 Å². The van der Waals surface area contributed by atoms with E-state index in [1.54, 1.807) is 0 Å². The van der Waals surface area contributed by atoms with E-state index in [1.807, 2.05) is 21.1 Å². The minimum absolute atomic E-state index is 0.0415. The van der Waals surface area contributed by atoms with Gasteiger partial charge in [-0.1, -0.05) is 305 Å². The molecule has 0 saturated carbocycles. The Morgan fingerprint density at radius 2 is 0.587 bits per heavy atom. The van der Waals surface area contributed by atoms with Crippen LogP contribution in [0.4, 0.5) is 0 Å². The molecule has 0 N–H and O–H groups in total. The molecule has 0 amide bonds. The number of hydrogen-bond acceptors (Lipinski definition) is 8. The lowest BCUT2D eigenvalue weighted by Gasteiger charge is -2.28. The van der Waals surface area contributed by atoms with Gasteiger partial charge in [-0.25, -0.2) is 0 Å². The Morgan fingerprint density at radius 1 is 0.337 bits per heavy atom. The predicted molar refractivity (Wildman–Crippen MR) is 396 cm³/mol. The van der Waals surface area contributed by atoms with Crippen molar-refractivity contribution >= 4 is 19.8 Å². The number of carbonyl (C=O) groups excluding carboxylic acids is 2. The summed E-state index contributed by atoms with van der Waals surface area (Å²) in [4.78, 5) is 38.1. The van der Waals surface area contributed by atoms with Crippen molar-refractivity contribution in [1.29, 1.82) is 0 Å². The lowest BCUT2D eigenvalue weighted by molar-refractivity contribution is -0.870. The average Bonchev–Trinajstić information content (AvgIpc) is 2.14. The lowest BCUT2D eigenvalue weighted by Crippen LogP contribution is -2.37. The molecule has 0 bridgehead atoms. The summed E-state index contributed by atoms with van der Waals surface area (Å²) >= 11 is 0. The number of hydrogen-bond donors (Lipinski definition) is 0. The highest BCUT2D eigenvalue weighted by Crippen LogP contribution is 2.38. The van der Waals surface area contributed by atoms with E-state index < -0.39 is 32.5 Å². The molecule has 2 atom stereocenters. The fraction of sp³-hybridized carbons (Fsp3) is 0.610. The zero-order valence-corrected chi connectivity index (χ0v) is 60.1. The Bertz CT molecular complexity index is 2210. The molecule has 0 fully saturated rings. The Hall–Kier alpha value is -4.89. The summed E-state index contributed by atoms with van der Waals surface area (Å²) in [5, 5.41) is 0. The lowest BCUT2D eigenvalue weighted by atomic mass is 10.0. The van der Waals surface area contributed by atoms with E-state index in [0.717, 1.165) is 148 Å². The van der Waals surface area contributed by atoms with E-state index >= 15 is 0 Å². The topological polar surface area (TPSA) is 111 Å². The normalized spacial score (nSPS) is 14.2. The van der Waals surface area contributed by atoms with Gasteiger partial charge in [-0.2, -0.15) is 0 Å². The van der Waals surface area contributed by atoms with Gasteiger partial charge < -0.3 is 27.9 Å². The molecule has 0 saturated heterocycles. The first-order valence-electron chi connectivity index (χ1n) is 36.5. The SMILES string of the molecule is CC/C=C\C/C=C\C/C=C\C/C=C\C/C=C\C/C=C\C/C=C\C/C=C\C/C=C\C/C=C\CCCCCCCCCCC(=O)OC(COC(=O)CCCCCCCCCCCCCCC/C=C\C/C=C\C/C=C\C/C=C\C/C=C\CC)COP(=O)([O-])OCC[N+](C)(C)C. The molecule has 0 aromatic rings. The molecule has 0 rings (SSSR count). The van der Waals surface area contributed by atoms with Gasteiger partial charge in [-0.05, 0) is 135 Å². The number of unbranched alkanes of at least 4 members (excludes halogenated alkanes) is 21. The number of allylic oxidation sites excluding steroid dienone is 30. The first kappa shape index (κ1) is 87.1. The van der Waals surface area contributed by atoms with E-state index in [9.17, 15) is 19.0 Å². The molecule has 0 aliphatic carbocycles. The Morgan fingerprint density at radius 3 is 0.870 bits per heavy atom. The number of rotatable bonds is 65. The van der Waals surface area contributed by atoms with E-state index in [4.69, 9.17) is 18.5 Å². The molecule has 10 heteroatoms. The van der Waals surface area contributed by atoms with E-state index in [-0.39, 0.29) is 26.1 Å². The van der Waals surface area contributed by atoms with Crippen LogP contribution in [0.5, 0.6) is 0 Å². The number of esters is 2. The molecule has 0 aliphatic heterocycles. The molecule has 92 heavy (non-hydrogen) atoms. The van der Waals surface area contributed by atoms with E-state index in [0.29, 0.717) is 17.4 Å². The van der Waals surface area contributed by atoms with Crippen molar-refractivity contribution in [1.82, 2.24) is 0 Å². The average molecular weight is 1290 g/mol. The first-order valence-corrected chi connectivity index (χ1v) is 38.0. The van der Waals surface area contributed by atoms with Gasteiger partial charge in [-0.15, -0.1) is 0 Å². The second kappa shape index (κ2) is 70.4. The van der Waals surface area contributed by atoms with Gasteiger partial charge in [0.15, 0.2) is 6.10 Å². The Balaban J connectivity index is 4.12. The number of phosphoric ester groups is 1. The Kier molecular flexibility index (Phi) is 66.7. The molecule has 520 valence electrons. The molecular formula is C82H134NO8P. The van der Waals surface area contributed by atoms with Crippen LogP contribution in [0.1, 0.15) is 271 Å². The summed E-state index contributed by atoms with van der Waals surface area (Å²) in [6.07, 6.45) is 108. The van der Waals surface area contributed by atoms with Gasteiger partial charge in [-0.3, -0.25) is 14.2 Å². The van der Waals surface area contributed by atoms with Gasteiger partial charge in [0, 0.05) is 12.8 Å². The van der Waals surface area contributed by atoms with Crippen molar-refractivity contribution in [3.8, 4) is 0 Å². The van der Waals surface area contributed by atoms with Crippen LogP contribution < -0.4 is 4.89 Å². The van der Waals surface area contributed by atoms with Gasteiger partial charge in [0.25, 0.3) is 7.82 Å². The van der Waals surface area contributed by atoms with Gasteiger partial charge in [0.2, 0.25) is 0 Å². The highest BCUT2D eigenvalue weighted by molar-refractivity contribution is 7.45. The van der Waals surface area contributed by atoms with Crippen molar-refractivity contribution < 1.29 is 42.1 Å². The molecule has 0 aromatic heterocycles. The van der Waals surface area contributed by atoms with Crippen molar-refractivity contribution in [3.05, 3.63) is 182 Å². The maximum Gasteiger partial charge on any atom is 0.306 e. The van der Waals surface area contributed by atoms with Gasteiger partial charge in [0.05, 0.1) is 27.7 Å². The second-order valence-electron chi connectivity index (χ2n) is 24.8. The molecule has 9 nitrogen and oxygen atoms in total. The standard InChI is InChI=1S/C82H134NO8P/c1-6-8-10-12-14-16-18-20-22-24-26-28-30-32-34-36-37-38-39-40-41-42-43-44-45-47-49-51-53-55-57-59-61-63-65-67-69-71-73-75-82(85)91-80(79-90-92(86,87)89-77-76-83(3,4)5)78-88-81(84)74-72-70-68-66-64-62-60-58-56-54-52-50-48-46-35-33-31-29-27-25-23-21-19-17-15-13-11-9-7-2/h8-11,14-17,20-23,26-29,32-35,37-38,40-41,43-44,47,49,53,55,80H,6-7,12-13,18-19,24-25,30-31,36,39,42,45-46,48,50-52,54,56-79H2,1-5H3/b10-8-,11-9-,16-14-,17-15-,22-20-,23-21-,28-26-,29-27-,34-32-,35-33-,38-37-,41-40-,44-43-,49-47-,55-53-. The maximum atomic E-state index is 12.9. The number of phosphoric acid groups is 1. The summed E-state index contributed by atoms with van der Waals surface area (Å²) in [6, 6.07) is 0. The monoisotopic (exact) mass is 1290 g/mol. The summed E-state index contributed by atoms with van der Waals surface area (Å²) in [5.74, 6) is -0.852. The predicted octanol–water partition coefficient (Wildman–Crippen LogP) is 23.6. The summed E-state index contributed by atoms with van der Waals surface area (Å²) in [5.41, 5.74) is 0. The van der Waals surface area contributed by atoms with Crippen LogP contribution >= 0.6 is 7.82 Å². The number of carbonyl (C=O) groups is 2. The number of nitrogens with zero attached hydrogens (tertiary/aromatic N) is 1. The number of likely N-dealkylation sites (N-methyl/N-ethyl adjacent to an activating group) is 1. The van der Waals surface area contributed by atoms with E-state index in [2.05, 4.69) is 196 Å². The zero-order valence-electron chi connectivity index (χ0n) is 59.2. The highest BCUT2D eigenvalue weighted by atomic mass is 31.2. The molecule has 0 aliphatic rings. The van der Waals surface area contributed by atoms with Crippen LogP contribution in [0.2, 0.25) is 0 Å². The fourth-order valence-electron chi connectivity index (χ4n) is 9.42. The van der Waals surface area contributed by atoms with Crippen molar-refractivity contribution in [2.75, 3.05) is 47.5 Å². The third kappa shape index (κ3) is 74.2. The molecule has 0 heterocycles. The first-order chi connectivity index (χ1) is 45.0. The van der Waals surface area contributed by atoms with Crippen LogP contribution in [0.15, 0.2) is 182 Å². The number of ether oxygens (including phenoxy) is 2. The molecule has 0 radical (unpaired) electrons. The zero-order chi connectivity index (χ0) is 66.9. The molecule has 0 aromatic carbocycles. The number of quaternary nitrogens is 1. The van der Waals surface area contributed by atoms with Gasteiger partial charge >= 0.3 is 11.9 Å². The quantitative estimate of drug-likeness (QED) is 0.0195. The smallest absolute Gasteiger partial charge is 0.306 e. The van der Waals surface area contributed by atoms with Crippen LogP contribution in [-0.4, -0.2) is 70.0 Å². The summed E-state index contributed by atoms with van der Waals surface area (Å²) in [6.45, 7) is 3.99. The van der Waals surface area contributed by atoms with Crippen molar-refractivity contribution in [2.45, 2.75) is 277 Å². The Labute approximate surface area is 565 Å². The largest absolute Gasteiger partial charge is 0.756 e. The van der Waals surface area contributed by atoms with E-state index in [1.165, 1.54) is 89.9 Å². The molecule has 2 unspecified atom stereocenters. The summed E-state index contributed by atoms with van der Waals surface area (Å²) in [7, 11) is 1.14. The van der Waals surface area contributed by atoms with Crippen LogP contribution in [0, 0.1) is 0 Å². The molecular weight excluding hydrogens is 1160 g/mol. The van der Waals surface area contributed by atoms with Crippen molar-refractivity contribution in [2.24, 2.45) is 0 Å². The fourth-order valence-corrected chi connectivity index (χ4v) is 10.1. The minimum atomic E-state index is -4.66. The van der Waals surface area contributed by atoms with Crippen LogP contribution in [-0.2, 0) is 32.7 Å². The highest BCUT2D eigenvalue weighted by Gasteiger charge is 2.22. The third-order valence-corrected chi connectivity index (χ3v) is 15.9. The molecule has 0 spiro atoms. The van der Waals surface area contributed by atoms with Gasteiger partial charge in [0.1, 0.15) is 19.8 Å². The third-order valence-electron chi connectivity index (χ3n) is 14.9. The summed E-state index contributed by atoms with van der Waals surface area (Å²) < 4.78 is 34.3.